The van der Waals surface area contributed by atoms with Crippen molar-refractivity contribution >= 4 is 22.6 Å². The maximum absolute atomic E-state index is 9.62. The highest BCUT2D eigenvalue weighted by Gasteiger charge is 2.02. The number of hydrogen-bond donors (Lipinski definition) is 1. The minimum atomic E-state index is 0.464. The van der Waals surface area contributed by atoms with Crippen LogP contribution in [0.3, 0.4) is 0 Å². The quantitative estimate of drug-likeness (QED) is 0.839. The third kappa shape index (κ3) is 2.37. The minimum Gasteiger partial charge on any atom is -0.507 e. The summed E-state index contributed by atoms with van der Waals surface area (Å²) in [7, 11) is 0. The van der Waals surface area contributed by atoms with Crippen molar-refractivity contribution in [3.8, 4) is 5.75 Å². The van der Waals surface area contributed by atoms with Crippen LogP contribution in [0.15, 0.2) is 18.2 Å². The van der Waals surface area contributed by atoms with Crippen molar-refractivity contribution in [1.82, 2.24) is 0 Å². The molecule has 0 bridgehead atoms. The van der Waals surface area contributed by atoms with E-state index in [-0.39, 0.29) is 0 Å². The Balaban J connectivity index is 2.78. The van der Waals surface area contributed by atoms with Crippen LogP contribution in [0.4, 0.5) is 0 Å². The molecule has 1 rings (SSSR count). The van der Waals surface area contributed by atoms with E-state index in [1.165, 1.54) is 6.42 Å². The molecule has 1 N–H and O–H groups in total. The topological polar surface area (TPSA) is 20.2 Å². The Labute approximate surface area is 86.9 Å². The number of para-hydroxylation sites is 1. The second kappa shape index (κ2) is 4.70. The number of benzene rings is 1. The van der Waals surface area contributed by atoms with Gasteiger partial charge >= 0.3 is 0 Å². The maximum atomic E-state index is 9.62. The first-order chi connectivity index (χ1) is 5.75. The lowest BCUT2D eigenvalue weighted by Crippen LogP contribution is -1.87. The molecular formula is C10H13IO. The van der Waals surface area contributed by atoms with Gasteiger partial charge in [0.1, 0.15) is 5.75 Å². The van der Waals surface area contributed by atoms with Crippen LogP contribution in [0.1, 0.15) is 25.3 Å². The first-order valence-electron chi connectivity index (χ1n) is 4.22. The molecular weight excluding hydrogens is 263 g/mol. The largest absolute Gasteiger partial charge is 0.507 e. The lowest BCUT2D eigenvalue weighted by atomic mass is 10.1. The van der Waals surface area contributed by atoms with Crippen molar-refractivity contribution in [2.24, 2.45) is 0 Å². The molecule has 0 fully saturated rings. The molecule has 0 aliphatic rings. The molecule has 0 aliphatic carbocycles. The number of unbranched alkanes of at least 4 members (excludes halogenated alkanes) is 1. The van der Waals surface area contributed by atoms with E-state index in [1.54, 1.807) is 0 Å². The van der Waals surface area contributed by atoms with Gasteiger partial charge in [-0.3, -0.25) is 0 Å². The smallest absolute Gasteiger partial charge is 0.132 e. The molecule has 0 saturated heterocycles. The maximum Gasteiger partial charge on any atom is 0.132 e. The summed E-state index contributed by atoms with van der Waals surface area (Å²) < 4.78 is 0.946. The molecule has 0 heterocycles. The number of halogens is 1. The first-order valence-corrected chi connectivity index (χ1v) is 5.30. The van der Waals surface area contributed by atoms with Gasteiger partial charge in [-0.05, 0) is 47.1 Å². The second-order valence-electron chi connectivity index (χ2n) is 2.85. The van der Waals surface area contributed by atoms with Gasteiger partial charge in [-0.1, -0.05) is 25.5 Å². The van der Waals surface area contributed by atoms with Crippen LogP contribution in [0.5, 0.6) is 5.75 Å². The Bertz CT molecular complexity index is 258. The highest BCUT2D eigenvalue weighted by molar-refractivity contribution is 14.1. The molecule has 1 nitrogen and oxygen atoms in total. The molecule has 12 heavy (non-hydrogen) atoms. The predicted molar refractivity (Wildman–Crippen MR) is 59.4 cm³/mol. The van der Waals surface area contributed by atoms with Gasteiger partial charge in [0.05, 0.1) is 3.57 Å². The number of rotatable bonds is 3. The lowest BCUT2D eigenvalue weighted by molar-refractivity contribution is 0.463. The monoisotopic (exact) mass is 276 g/mol. The van der Waals surface area contributed by atoms with Gasteiger partial charge in [-0.25, -0.2) is 0 Å². The van der Waals surface area contributed by atoms with Crippen LogP contribution in [0.25, 0.3) is 0 Å². The molecule has 1 aromatic rings. The number of phenolic OH excluding ortho intramolecular Hbond substituents is 1. The highest BCUT2D eigenvalue weighted by atomic mass is 127. The van der Waals surface area contributed by atoms with E-state index in [9.17, 15) is 5.11 Å². The van der Waals surface area contributed by atoms with Crippen LogP contribution >= 0.6 is 22.6 Å². The Kier molecular flexibility index (Phi) is 3.85. The van der Waals surface area contributed by atoms with E-state index < -0.39 is 0 Å². The third-order valence-electron chi connectivity index (χ3n) is 1.87. The van der Waals surface area contributed by atoms with Crippen LogP contribution < -0.4 is 0 Å². The van der Waals surface area contributed by atoms with E-state index in [0.29, 0.717) is 5.75 Å². The zero-order valence-corrected chi connectivity index (χ0v) is 9.34. The number of phenols is 1. The Morgan fingerprint density at radius 2 is 2.17 bits per heavy atom. The molecule has 0 atom stereocenters. The molecule has 66 valence electrons. The van der Waals surface area contributed by atoms with Crippen LogP contribution in [0, 0.1) is 3.57 Å². The number of aromatic hydroxyl groups is 1. The van der Waals surface area contributed by atoms with Gasteiger partial charge in [0, 0.05) is 0 Å². The fraction of sp³-hybridized carbons (Fsp3) is 0.400. The lowest BCUT2D eigenvalue weighted by Gasteiger charge is -2.04. The van der Waals surface area contributed by atoms with E-state index in [1.807, 2.05) is 18.2 Å². The molecule has 0 amide bonds. The van der Waals surface area contributed by atoms with Crippen molar-refractivity contribution in [2.75, 3.05) is 0 Å². The fourth-order valence-electron chi connectivity index (χ4n) is 1.13. The Hall–Kier alpha value is -0.250. The van der Waals surface area contributed by atoms with Gasteiger partial charge in [-0.15, -0.1) is 0 Å². The third-order valence-corrected chi connectivity index (χ3v) is 2.74. The van der Waals surface area contributed by atoms with E-state index in [2.05, 4.69) is 29.5 Å². The fourth-order valence-corrected chi connectivity index (χ4v) is 1.68. The van der Waals surface area contributed by atoms with Gasteiger partial charge < -0.3 is 5.11 Å². The van der Waals surface area contributed by atoms with E-state index in [4.69, 9.17) is 0 Å². The van der Waals surface area contributed by atoms with Crippen molar-refractivity contribution in [3.05, 3.63) is 27.3 Å². The molecule has 0 radical (unpaired) electrons. The zero-order chi connectivity index (χ0) is 8.97. The number of aryl methyl sites for hydroxylation is 1. The van der Waals surface area contributed by atoms with Crippen molar-refractivity contribution < 1.29 is 5.11 Å². The Morgan fingerprint density at radius 3 is 2.83 bits per heavy atom. The summed E-state index contributed by atoms with van der Waals surface area (Å²) in [5.74, 6) is 0.464. The normalized spacial score (nSPS) is 10.2. The average molecular weight is 276 g/mol. The van der Waals surface area contributed by atoms with E-state index in [0.717, 1.165) is 22.0 Å². The molecule has 1 aromatic carbocycles. The van der Waals surface area contributed by atoms with Gasteiger partial charge in [-0.2, -0.15) is 0 Å². The van der Waals surface area contributed by atoms with Gasteiger partial charge in [0.25, 0.3) is 0 Å². The molecule has 2 heteroatoms. The highest BCUT2D eigenvalue weighted by Crippen LogP contribution is 2.24. The van der Waals surface area contributed by atoms with Crippen molar-refractivity contribution in [3.63, 3.8) is 0 Å². The molecule has 0 unspecified atom stereocenters. The summed E-state index contributed by atoms with van der Waals surface area (Å²) in [6.07, 6.45) is 3.30. The van der Waals surface area contributed by atoms with Crippen molar-refractivity contribution in [2.45, 2.75) is 26.2 Å². The van der Waals surface area contributed by atoms with Gasteiger partial charge in [0.2, 0.25) is 0 Å². The summed E-state index contributed by atoms with van der Waals surface area (Å²) in [6, 6.07) is 5.91. The Morgan fingerprint density at radius 1 is 1.42 bits per heavy atom. The second-order valence-corrected chi connectivity index (χ2v) is 4.01. The minimum absolute atomic E-state index is 0.464. The summed E-state index contributed by atoms with van der Waals surface area (Å²) in [5, 5.41) is 9.62. The summed E-state index contributed by atoms with van der Waals surface area (Å²) in [4.78, 5) is 0. The van der Waals surface area contributed by atoms with E-state index >= 15 is 0 Å². The summed E-state index contributed by atoms with van der Waals surface area (Å²) in [5.41, 5.74) is 1.07. The predicted octanol–water partition coefficient (Wildman–Crippen LogP) is 3.34. The number of hydrogen-bond acceptors (Lipinski definition) is 1. The zero-order valence-electron chi connectivity index (χ0n) is 7.18. The van der Waals surface area contributed by atoms with Crippen molar-refractivity contribution in [1.29, 1.82) is 0 Å². The average Bonchev–Trinajstić information content (AvgIpc) is 2.08. The summed E-state index contributed by atoms with van der Waals surface area (Å²) >= 11 is 2.15. The molecule has 0 aromatic heterocycles. The van der Waals surface area contributed by atoms with Crippen LogP contribution in [-0.4, -0.2) is 5.11 Å². The first kappa shape index (κ1) is 9.84. The van der Waals surface area contributed by atoms with Crippen LogP contribution in [-0.2, 0) is 6.42 Å². The molecule has 0 spiro atoms. The standard InChI is InChI=1S/C10H13IO/c1-2-3-5-8-6-4-7-9(11)10(8)12/h4,6-7,12H,2-3,5H2,1H3. The molecule has 0 saturated carbocycles. The van der Waals surface area contributed by atoms with Crippen LogP contribution in [0.2, 0.25) is 0 Å². The summed E-state index contributed by atoms with van der Waals surface area (Å²) in [6.45, 7) is 2.16. The SMILES string of the molecule is CCCCc1cccc(I)c1O. The van der Waals surface area contributed by atoms with Gasteiger partial charge in [0.15, 0.2) is 0 Å². The molecule has 0 aliphatic heterocycles.